The molecule has 1 heteroatoms. The number of hydrogen-bond acceptors (Lipinski definition) is 1. The molecule has 0 aliphatic heterocycles. The first kappa shape index (κ1) is 13.6. The van der Waals surface area contributed by atoms with Crippen molar-refractivity contribution < 1.29 is 4.74 Å². The van der Waals surface area contributed by atoms with Gasteiger partial charge in [0.2, 0.25) is 0 Å². The first-order valence-corrected chi connectivity index (χ1v) is 6.52. The van der Waals surface area contributed by atoms with Gasteiger partial charge in [-0.05, 0) is 37.0 Å². The molecule has 0 unspecified atom stereocenters. The molecule has 0 aromatic heterocycles. The minimum absolute atomic E-state index is 0.821. The Bertz CT molecular complexity index is 349. The summed E-state index contributed by atoms with van der Waals surface area (Å²) in [5.74, 6) is 3.66. The standard InChI is InChI=1S/C16H22O/c1-3-5-7-10-15-11-9-12-16(14-15)17-13-8-6-4-2/h1,9,11-12,14H,4-8,10,13H2,2H3. The van der Waals surface area contributed by atoms with Crippen molar-refractivity contribution >= 4 is 0 Å². The number of ether oxygens (including phenoxy) is 1. The van der Waals surface area contributed by atoms with Crippen LogP contribution in [0, 0.1) is 12.3 Å². The molecule has 0 aliphatic carbocycles. The Hall–Kier alpha value is -1.42. The van der Waals surface area contributed by atoms with Crippen LogP contribution >= 0.6 is 0 Å². The van der Waals surface area contributed by atoms with Gasteiger partial charge in [-0.15, -0.1) is 12.3 Å². The fourth-order valence-corrected chi connectivity index (χ4v) is 1.73. The van der Waals surface area contributed by atoms with Crippen molar-refractivity contribution in [2.45, 2.75) is 45.4 Å². The zero-order chi connectivity index (χ0) is 12.3. The maximum atomic E-state index is 5.71. The second-order valence-corrected chi connectivity index (χ2v) is 4.26. The average Bonchev–Trinajstić information content (AvgIpc) is 2.36. The van der Waals surface area contributed by atoms with Gasteiger partial charge < -0.3 is 4.74 Å². The minimum atomic E-state index is 0.821. The van der Waals surface area contributed by atoms with Crippen LogP contribution in [0.3, 0.4) is 0 Å². The molecular formula is C16H22O. The number of benzene rings is 1. The van der Waals surface area contributed by atoms with E-state index in [1.165, 1.54) is 18.4 Å². The number of aryl methyl sites for hydroxylation is 1. The molecule has 0 spiro atoms. The van der Waals surface area contributed by atoms with Crippen LogP contribution in [0.15, 0.2) is 24.3 Å². The molecule has 0 aliphatic rings. The molecule has 1 aromatic carbocycles. The molecule has 1 rings (SSSR count). The van der Waals surface area contributed by atoms with Crippen molar-refractivity contribution in [3.63, 3.8) is 0 Å². The molecule has 0 fully saturated rings. The summed E-state index contributed by atoms with van der Waals surface area (Å²) in [5.41, 5.74) is 1.31. The Morgan fingerprint density at radius 3 is 2.88 bits per heavy atom. The van der Waals surface area contributed by atoms with Crippen LogP contribution in [0.2, 0.25) is 0 Å². The highest BCUT2D eigenvalue weighted by Crippen LogP contribution is 2.15. The lowest BCUT2D eigenvalue weighted by atomic mass is 10.1. The second kappa shape index (κ2) is 8.70. The van der Waals surface area contributed by atoms with E-state index < -0.39 is 0 Å². The molecule has 17 heavy (non-hydrogen) atoms. The topological polar surface area (TPSA) is 9.23 Å². The van der Waals surface area contributed by atoms with Crippen molar-refractivity contribution in [1.82, 2.24) is 0 Å². The number of terminal acetylenes is 1. The third kappa shape index (κ3) is 6.02. The Morgan fingerprint density at radius 1 is 1.24 bits per heavy atom. The summed E-state index contributed by atoms with van der Waals surface area (Å²) in [5, 5.41) is 0. The van der Waals surface area contributed by atoms with Crippen LogP contribution in [0.5, 0.6) is 5.75 Å². The quantitative estimate of drug-likeness (QED) is 0.480. The summed E-state index contributed by atoms with van der Waals surface area (Å²) in [6.07, 6.45) is 11.8. The molecule has 0 saturated heterocycles. The van der Waals surface area contributed by atoms with Crippen LogP contribution in [-0.4, -0.2) is 6.61 Å². The predicted molar refractivity (Wildman–Crippen MR) is 73.2 cm³/mol. The van der Waals surface area contributed by atoms with E-state index in [9.17, 15) is 0 Å². The molecule has 0 atom stereocenters. The lowest BCUT2D eigenvalue weighted by Crippen LogP contribution is -1.97. The first-order chi connectivity index (χ1) is 8.36. The van der Waals surface area contributed by atoms with Crippen molar-refractivity contribution in [3.8, 4) is 18.1 Å². The van der Waals surface area contributed by atoms with Gasteiger partial charge >= 0.3 is 0 Å². The third-order valence-corrected chi connectivity index (χ3v) is 2.70. The van der Waals surface area contributed by atoms with Crippen LogP contribution in [-0.2, 0) is 6.42 Å². The first-order valence-electron chi connectivity index (χ1n) is 6.52. The van der Waals surface area contributed by atoms with E-state index in [1.807, 2.05) is 6.07 Å². The van der Waals surface area contributed by atoms with Crippen LogP contribution in [0.1, 0.15) is 44.6 Å². The van der Waals surface area contributed by atoms with Crippen LogP contribution in [0.4, 0.5) is 0 Å². The van der Waals surface area contributed by atoms with Crippen molar-refractivity contribution in [1.29, 1.82) is 0 Å². The monoisotopic (exact) mass is 230 g/mol. The molecule has 0 bridgehead atoms. The molecule has 92 valence electrons. The Kier molecular flexibility index (Phi) is 6.98. The van der Waals surface area contributed by atoms with E-state index in [4.69, 9.17) is 11.2 Å². The van der Waals surface area contributed by atoms with Crippen LogP contribution in [0.25, 0.3) is 0 Å². The second-order valence-electron chi connectivity index (χ2n) is 4.26. The fraction of sp³-hybridized carbons (Fsp3) is 0.500. The summed E-state index contributed by atoms with van der Waals surface area (Å²) in [7, 11) is 0. The summed E-state index contributed by atoms with van der Waals surface area (Å²) in [4.78, 5) is 0. The average molecular weight is 230 g/mol. The maximum absolute atomic E-state index is 5.71. The highest BCUT2D eigenvalue weighted by Gasteiger charge is 1.97. The highest BCUT2D eigenvalue weighted by atomic mass is 16.5. The van der Waals surface area contributed by atoms with Gasteiger partial charge in [-0.1, -0.05) is 31.9 Å². The number of unbranched alkanes of at least 4 members (excludes halogenated alkanes) is 3. The lowest BCUT2D eigenvalue weighted by Gasteiger charge is -2.07. The number of hydrogen-bond donors (Lipinski definition) is 0. The minimum Gasteiger partial charge on any atom is -0.494 e. The third-order valence-electron chi connectivity index (χ3n) is 2.70. The summed E-state index contributed by atoms with van der Waals surface area (Å²) in [6.45, 7) is 3.02. The smallest absolute Gasteiger partial charge is 0.119 e. The summed E-state index contributed by atoms with van der Waals surface area (Å²) < 4.78 is 5.71. The Labute approximate surface area is 105 Å². The maximum Gasteiger partial charge on any atom is 0.119 e. The number of rotatable bonds is 8. The molecule has 1 nitrogen and oxygen atoms in total. The van der Waals surface area contributed by atoms with Gasteiger partial charge in [-0.3, -0.25) is 0 Å². The Morgan fingerprint density at radius 2 is 2.12 bits per heavy atom. The van der Waals surface area contributed by atoms with E-state index in [2.05, 4.69) is 31.0 Å². The van der Waals surface area contributed by atoms with Gasteiger partial charge in [0, 0.05) is 6.42 Å². The highest BCUT2D eigenvalue weighted by molar-refractivity contribution is 5.28. The van der Waals surface area contributed by atoms with Gasteiger partial charge in [0.25, 0.3) is 0 Å². The van der Waals surface area contributed by atoms with Crippen LogP contribution < -0.4 is 4.74 Å². The van der Waals surface area contributed by atoms with Crippen molar-refractivity contribution in [3.05, 3.63) is 29.8 Å². The van der Waals surface area contributed by atoms with Gasteiger partial charge in [0.05, 0.1) is 6.61 Å². The zero-order valence-corrected chi connectivity index (χ0v) is 10.7. The van der Waals surface area contributed by atoms with Gasteiger partial charge in [0.15, 0.2) is 0 Å². The SMILES string of the molecule is C#CCCCc1cccc(OCCCCC)c1. The molecule has 0 amide bonds. The van der Waals surface area contributed by atoms with E-state index in [1.54, 1.807) is 0 Å². The predicted octanol–water partition coefficient (Wildman–Crippen LogP) is 4.21. The lowest BCUT2D eigenvalue weighted by molar-refractivity contribution is 0.306. The normalized spacial score (nSPS) is 9.88. The fourth-order valence-electron chi connectivity index (χ4n) is 1.73. The Balaban J connectivity index is 2.34. The molecular weight excluding hydrogens is 208 g/mol. The molecule has 0 N–H and O–H groups in total. The summed E-state index contributed by atoms with van der Waals surface area (Å²) in [6, 6.07) is 8.34. The zero-order valence-electron chi connectivity index (χ0n) is 10.7. The molecule has 0 radical (unpaired) electrons. The summed E-state index contributed by atoms with van der Waals surface area (Å²) >= 11 is 0. The van der Waals surface area contributed by atoms with Gasteiger partial charge in [-0.25, -0.2) is 0 Å². The van der Waals surface area contributed by atoms with E-state index in [0.717, 1.165) is 38.0 Å². The van der Waals surface area contributed by atoms with E-state index in [0.29, 0.717) is 0 Å². The molecule has 0 heterocycles. The van der Waals surface area contributed by atoms with Gasteiger partial charge in [0.1, 0.15) is 5.75 Å². The largest absolute Gasteiger partial charge is 0.494 e. The van der Waals surface area contributed by atoms with Crippen molar-refractivity contribution in [2.75, 3.05) is 6.61 Å². The van der Waals surface area contributed by atoms with Gasteiger partial charge in [-0.2, -0.15) is 0 Å². The van der Waals surface area contributed by atoms with E-state index >= 15 is 0 Å². The van der Waals surface area contributed by atoms with Crippen molar-refractivity contribution in [2.24, 2.45) is 0 Å². The molecule has 1 aromatic rings. The van der Waals surface area contributed by atoms with E-state index in [-0.39, 0.29) is 0 Å². The molecule has 0 saturated carbocycles.